The van der Waals surface area contributed by atoms with E-state index in [1.54, 1.807) is 12.1 Å². The summed E-state index contributed by atoms with van der Waals surface area (Å²) in [6, 6.07) is 7.21. The van der Waals surface area contributed by atoms with Crippen LogP contribution >= 0.6 is 0 Å². The lowest BCUT2D eigenvalue weighted by Gasteiger charge is -2.29. The van der Waals surface area contributed by atoms with Crippen molar-refractivity contribution in [3.8, 4) is 0 Å². The third-order valence-electron chi connectivity index (χ3n) is 5.51. The molecule has 1 atom stereocenters. The molecule has 24 heavy (non-hydrogen) atoms. The van der Waals surface area contributed by atoms with Crippen molar-refractivity contribution in [2.45, 2.75) is 25.7 Å². The Bertz CT molecular complexity index is 1010. The highest BCUT2D eigenvalue weighted by Crippen LogP contribution is 2.55. The number of hydrogen-bond acceptors (Lipinski definition) is 2. The second-order valence-corrected chi connectivity index (χ2v) is 6.63. The number of rotatable bonds is 2. The summed E-state index contributed by atoms with van der Waals surface area (Å²) in [7, 11) is 0. The molecule has 1 unspecified atom stereocenters. The van der Waals surface area contributed by atoms with Gasteiger partial charge in [0.2, 0.25) is 0 Å². The smallest absolute Gasteiger partial charge is 0.337 e. The SMILES string of the molecule is CC1=C2C=CCC1(C)c1c2c(C(=O)O)c(C(=O)O)c2ccccc12. The summed E-state index contributed by atoms with van der Waals surface area (Å²) in [6.07, 6.45) is 4.75. The molecule has 2 aromatic rings. The number of carboxylic acids is 2. The van der Waals surface area contributed by atoms with Crippen LogP contribution in [0, 0.1) is 0 Å². The van der Waals surface area contributed by atoms with E-state index in [1.165, 1.54) is 0 Å². The number of fused-ring (bicyclic) bond motifs is 6. The Labute approximate surface area is 138 Å². The van der Waals surface area contributed by atoms with Gasteiger partial charge in [0.05, 0.1) is 11.1 Å². The highest BCUT2D eigenvalue weighted by molar-refractivity contribution is 6.18. The standard InChI is InChI=1S/C20H16O4/c1-10-11-8-5-9-20(10,2)17-13-7-4-3-6-12(13)15(18(21)22)16(14(11)17)19(23)24/h3-8H,9H2,1-2H3,(H,21,22)(H,23,24). The topological polar surface area (TPSA) is 74.6 Å². The zero-order valence-corrected chi connectivity index (χ0v) is 13.4. The first-order chi connectivity index (χ1) is 11.4. The molecule has 0 heterocycles. The first-order valence-corrected chi connectivity index (χ1v) is 7.82. The molecule has 0 amide bonds. The molecule has 0 saturated heterocycles. The fourth-order valence-electron chi connectivity index (χ4n) is 4.27. The Morgan fingerprint density at radius 2 is 1.67 bits per heavy atom. The Hall–Kier alpha value is -2.88. The minimum atomic E-state index is -1.21. The molecule has 2 N–H and O–H groups in total. The van der Waals surface area contributed by atoms with Gasteiger partial charge in [-0.2, -0.15) is 0 Å². The molecule has 0 spiro atoms. The number of allylic oxidation sites excluding steroid dienone is 4. The highest BCUT2D eigenvalue weighted by Gasteiger charge is 2.44. The summed E-state index contributed by atoms with van der Waals surface area (Å²) in [4.78, 5) is 23.9. The average molecular weight is 320 g/mol. The normalized spacial score (nSPS) is 21.2. The van der Waals surface area contributed by atoms with Gasteiger partial charge in [-0.1, -0.05) is 48.9 Å². The number of carbonyl (C=O) groups is 2. The third kappa shape index (κ3) is 1.58. The summed E-state index contributed by atoms with van der Waals surface area (Å²) in [6.45, 7) is 4.12. The van der Waals surface area contributed by atoms with Crippen molar-refractivity contribution in [2.75, 3.05) is 0 Å². The van der Waals surface area contributed by atoms with Gasteiger partial charge in [0.25, 0.3) is 0 Å². The maximum atomic E-state index is 12.0. The van der Waals surface area contributed by atoms with E-state index in [-0.39, 0.29) is 16.5 Å². The lowest BCUT2D eigenvalue weighted by atomic mass is 9.73. The Kier molecular flexibility index (Phi) is 2.80. The fourth-order valence-corrected chi connectivity index (χ4v) is 4.27. The van der Waals surface area contributed by atoms with Crippen LogP contribution < -0.4 is 0 Å². The van der Waals surface area contributed by atoms with Crippen LogP contribution in [-0.2, 0) is 5.41 Å². The van der Waals surface area contributed by atoms with Crippen LogP contribution in [0.3, 0.4) is 0 Å². The van der Waals surface area contributed by atoms with Crippen molar-refractivity contribution in [3.05, 3.63) is 64.2 Å². The third-order valence-corrected chi connectivity index (χ3v) is 5.51. The second kappa shape index (κ2) is 4.57. The van der Waals surface area contributed by atoms with Crippen molar-refractivity contribution in [3.63, 3.8) is 0 Å². The van der Waals surface area contributed by atoms with E-state index in [4.69, 9.17) is 0 Å². The number of carboxylic acid groups (broad SMARTS) is 2. The van der Waals surface area contributed by atoms with Gasteiger partial charge in [0.1, 0.15) is 0 Å². The largest absolute Gasteiger partial charge is 0.478 e. The fraction of sp³-hybridized carbons (Fsp3) is 0.200. The molecule has 0 saturated carbocycles. The maximum absolute atomic E-state index is 12.0. The molecule has 2 aliphatic rings. The van der Waals surface area contributed by atoms with E-state index in [9.17, 15) is 19.8 Å². The van der Waals surface area contributed by atoms with Crippen LogP contribution in [0.15, 0.2) is 42.0 Å². The minimum Gasteiger partial charge on any atom is -0.478 e. The zero-order valence-electron chi connectivity index (χ0n) is 13.4. The van der Waals surface area contributed by atoms with Gasteiger partial charge in [-0.3, -0.25) is 0 Å². The van der Waals surface area contributed by atoms with Gasteiger partial charge < -0.3 is 10.2 Å². The van der Waals surface area contributed by atoms with E-state index < -0.39 is 11.9 Å². The quantitative estimate of drug-likeness (QED) is 0.868. The van der Waals surface area contributed by atoms with Crippen molar-refractivity contribution < 1.29 is 19.8 Å². The van der Waals surface area contributed by atoms with Crippen molar-refractivity contribution in [2.24, 2.45) is 0 Å². The Morgan fingerprint density at radius 3 is 2.29 bits per heavy atom. The van der Waals surface area contributed by atoms with Crippen LogP contribution in [0.2, 0.25) is 0 Å². The summed E-state index contributed by atoms with van der Waals surface area (Å²) < 4.78 is 0. The first-order valence-electron chi connectivity index (χ1n) is 7.82. The second-order valence-electron chi connectivity index (χ2n) is 6.63. The van der Waals surface area contributed by atoms with Crippen LogP contribution in [0.25, 0.3) is 16.3 Å². The van der Waals surface area contributed by atoms with Gasteiger partial charge in [-0.15, -0.1) is 0 Å². The molecule has 2 bridgehead atoms. The number of hydrogen-bond donors (Lipinski definition) is 2. The van der Waals surface area contributed by atoms with Gasteiger partial charge in [0, 0.05) is 11.0 Å². The van der Waals surface area contributed by atoms with Crippen LogP contribution in [-0.4, -0.2) is 22.2 Å². The zero-order chi connectivity index (χ0) is 17.2. The van der Waals surface area contributed by atoms with E-state index in [0.717, 1.165) is 28.5 Å². The molecule has 4 rings (SSSR count). The molecule has 0 fully saturated rings. The molecule has 120 valence electrons. The van der Waals surface area contributed by atoms with E-state index in [1.807, 2.05) is 31.2 Å². The summed E-state index contributed by atoms with van der Waals surface area (Å²) in [5.41, 5.74) is 2.97. The molecular formula is C20H16O4. The predicted molar refractivity (Wildman–Crippen MR) is 91.6 cm³/mol. The number of benzene rings is 2. The summed E-state index contributed by atoms with van der Waals surface area (Å²) >= 11 is 0. The van der Waals surface area contributed by atoms with Crippen molar-refractivity contribution in [1.82, 2.24) is 0 Å². The average Bonchev–Trinajstić information content (AvgIpc) is 2.67. The van der Waals surface area contributed by atoms with Crippen LogP contribution in [0.4, 0.5) is 0 Å². The van der Waals surface area contributed by atoms with Gasteiger partial charge in [-0.25, -0.2) is 9.59 Å². The lowest BCUT2D eigenvalue weighted by molar-refractivity contribution is 0.0653. The monoisotopic (exact) mass is 320 g/mol. The maximum Gasteiger partial charge on any atom is 0.337 e. The molecule has 4 heteroatoms. The van der Waals surface area contributed by atoms with Crippen molar-refractivity contribution >= 4 is 28.3 Å². The molecule has 0 aromatic heterocycles. The highest BCUT2D eigenvalue weighted by atomic mass is 16.4. The summed E-state index contributed by atoms with van der Waals surface area (Å²) in [5, 5.41) is 20.9. The van der Waals surface area contributed by atoms with Gasteiger partial charge in [-0.05, 0) is 35.3 Å². The lowest BCUT2D eigenvalue weighted by Crippen LogP contribution is -2.22. The molecule has 0 aliphatic heterocycles. The molecule has 4 nitrogen and oxygen atoms in total. The van der Waals surface area contributed by atoms with E-state index in [0.29, 0.717) is 10.9 Å². The Balaban J connectivity index is 2.32. The molecule has 2 aromatic carbocycles. The van der Waals surface area contributed by atoms with Gasteiger partial charge >= 0.3 is 11.9 Å². The Morgan fingerprint density at radius 1 is 1.04 bits per heavy atom. The first kappa shape index (κ1) is 14.7. The van der Waals surface area contributed by atoms with E-state index >= 15 is 0 Å². The predicted octanol–water partition coefficient (Wildman–Crippen LogP) is 4.24. The van der Waals surface area contributed by atoms with Crippen LogP contribution in [0.1, 0.15) is 52.1 Å². The minimum absolute atomic E-state index is 0.0965. The van der Waals surface area contributed by atoms with Gasteiger partial charge in [0.15, 0.2) is 0 Å². The summed E-state index contributed by atoms with van der Waals surface area (Å²) in [5.74, 6) is -2.40. The van der Waals surface area contributed by atoms with Crippen molar-refractivity contribution in [1.29, 1.82) is 0 Å². The number of aromatic carboxylic acids is 2. The molecule has 0 radical (unpaired) electrons. The van der Waals surface area contributed by atoms with Crippen LogP contribution in [0.5, 0.6) is 0 Å². The molecular weight excluding hydrogens is 304 g/mol. The molecule has 2 aliphatic carbocycles. The van der Waals surface area contributed by atoms with E-state index in [2.05, 4.69) is 6.92 Å².